The summed E-state index contributed by atoms with van der Waals surface area (Å²) in [7, 11) is 0. The number of phenolic OH excluding ortho intramolecular Hbond substituents is 1. The predicted molar refractivity (Wildman–Crippen MR) is 77.5 cm³/mol. The molecule has 4 heteroatoms. The minimum Gasteiger partial charge on any atom is -0.506 e. The Morgan fingerprint density at radius 2 is 1.80 bits per heavy atom. The summed E-state index contributed by atoms with van der Waals surface area (Å²) in [4.78, 5) is 12.2. The van der Waals surface area contributed by atoms with Gasteiger partial charge in [0.1, 0.15) is 5.75 Å². The molecular weight excluding hydrogens is 252 g/mol. The monoisotopic (exact) mass is 268 g/mol. The quantitative estimate of drug-likeness (QED) is 0.730. The Hall–Kier alpha value is -2.33. The van der Waals surface area contributed by atoms with Crippen LogP contribution in [0.2, 0.25) is 0 Å². The number of phenols is 1. The van der Waals surface area contributed by atoms with Gasteiger partial charge in [-0.2, -0.15) is 0 Å². The molecule has 1 aliphatic heterocycles. The summed E-state index contributed by atoms with van der Waals surface area (Å²) in [5.74, 6) is -0.0435. The molecule has 20 heavy (non-hydrogen) atoms. The number of nitrogens with one attached hydrogen (secondary N) is 2. The maximum absolute atomic E-state index is 12.2. The average molecular weight is 268 g/mol. The molecule has 0 aromatic heterocycles. The highest BCUT2D eigenvalue weighted by molar-refractivity contribution is 5.96. The SMILES string of the molecule is O=C(Nc1ccccc1O)[C@H]1Cc2ccccc2CN1. The Bertz CT molecular complexity index is 640. The average Bonchev–Trinajstić information content (AvgIpc) is 2.49. The number of rotatable bonds is 2. The lowest BCUT2D eigenvalue weighted by molar-refractivity contribution is -0.118. The summed E-state index contributed by atoms with van der Waals surface area (Å²) in [6, 6.07) is 14.6. The van der Waals surface area contributed by atoms with Crippen molar-refractivity contribution in [1.29, 1.82) is 0 Å². The van der Waals surface area contributed by atoms with Gasteiger partial charge < -0.3 is 15.7 Å². The molecule has 0 fully saturated rings. The van der Waals surface area contributed by atoms with E-state index in [0.29, 0.717) is 18.7 Å². The largest absolute Gasteiger partial charge is 0.506 e. The van der Waals surface area contributed by atoms with Crippen LogP contribution in [-0.2, 0) is 17.8 Å². The Labute approximate surface area is 117 Å². The molecular formula is C16H16N2O2. The molecule has 0 saturated carbocycles. The number of hydrogen-bond acceptors (Lipinski definition) is 3. The van der Waals surface area contributed by atoms with Crippen LogP contribution >= 0.6 is 0 Å². The first kappa shape index (κ1) is 12.7. The normalized spacial score (nSPS) is 17.3. The summed E-state index contributed by atoms with van der Waals surface area (Å²) in [5, 5.41) is 15.7. The molecule has 2 aromatic rings. The highest BCUT2D eigenvalue weighted by Crippen LogP contribution is 2.23. The number of anilines is 1. The Balaban J connectivity index is 1.72. The van der Waals surface area contributed by atoms with Crippen molar-refractivity contribution < 1.29 is 9.90 Å². The van der Waals surface area contributed by atoms with E-state index >= 15 is 0 Å². The molecule has 1 atom stereocenters. The van der Waals surface area contributed by atoms with Gasteiger partial charge in [0.15, 0.2) is 0 Å². The van der Waals surface area contributed by atoms with Gasteiger partial charge in [-0.15, -0.1) is 0 Å². The zero-order valence-electron chi connectivity index (χ0n) is 11.0. The van der Waals surface area contributed by atoms with E-state index in [2.05, 4.69) is 22.8 Å². The van der Waals surface area contributed by atoms with Crippen LogP contribution in [0.1, 0.15) is 11.1 Å². The maximum atomic E-state index is 12.2. The van der Waals surface area contributed by atoms with Crippen LogP contribution in [-0.4, -0.2) is 17.1 Å². The Morgan fingerprint density at radius 1 is 1.10 bits per heavy atom. The van der Waals surface area contributed by atoms with Crippen molar-refractivity contribution in [2.75, 3.05) is 5.32 Å². The molecule has 2 aromatic carbocycles. The number of carbonyl (C=O) groups excluding carboxylic acids is 1. The van der Waals surface area contributed by atoms with Crippen molar-refractivity contribution in [3.8, 4) is 5.75 Å². The molecule has 3 N–H and O–H groups in total. The molecule has 0 aliphatic carbocycles. The van der Waals surface area contributed by atoms with Crippen LogP contribution in [0.5, 0.6) is 5.75 Å². The van der Waals surface area contributed by atoms with Crippen molar-refractivity contribution in [1.82, 2.24) is 5.32 Å². The van der Waals surface area contributed by atoms with E-state index in [4.69, 9.17) is 0 Å². The molecule has 0 bridgehead atoms. The summed E-state index contributed by atoms with van der Waals surface area (Å²) in [5.41, 5.74) is 2.88. The number of hydrogen-bond donors (Lipinski definition) is 3. The first-order valence-electron chi connectivity index (χ1n) is 6.63. The third-order valence-electron chi connectivity index (χ3n) is 3.56. The van der Waals surface area contributed by atoms with Gasteiger partial charge in [0, 0.05) is 6.54 Å². The van der Waals surface area contributed by atoms with Crippen molar-refractivity contribution >= 4 is 11.6 Å². The molecule has 4 nitrogen and oxygen atoms in total. The number of fused-ring (bicyclic) bond motifs is 1. The van der Waals surface area contributed by atoms with E-state index in [0.717, 1.165) is 0 Å². The van der Waals surface area contributed by atoms with Crippen molar-refractivity contribution in [3.05, 3.63) is 59.7 Å². The van der Waals surface area contributed by atoms with Crippen LogP contribution in [0.25, 0.3) is 0 Å². The van der Waals surface area contributed by atoms with E-state index in [1.54, 1.807) is 24.3 Å². The number of para-hydroxylation sites is 2. The Kier molecular flexibility index (Phi) is 3.39. The van der Waals surface area contributed by atoms with Crippen LogP contribution in [0.4, 0.5) is 5.69 Å². The molecule has 0 radical (unpaired) electrons. The van der Waals surface area contributed by atoms with Crippen LogP contribution in [0.3, 0.4) is 0 Å². The lowest BCUT2D eigenvalue weighted by Crippen LogP contribution is -2.44. The van der Waals surface area contributed by atoms with Gasteiger partial charge in [0.25, 0.3) is 0 Å². The standard InChI is InChI=1S/C16H16N2O2/c19-15-8-4-3-7-13(15)18-16(20)14-9-11-5-1-2-6-12(11)10-17-14/h1-8,14,17,19H,9-10H2,(H,18,20)/t14-/m1/s1. The number of benzene rings is 2. The summed E-state index contributed by atoms with van der Waals surface area (Å²) >= 11 is 0. The van der Waals surface area contributed by atoms with Gasteiger partial charge in [-0.3, -0.25) is 4.79 Å². The fraction of sp³-hybridized carbons (Fsp3) is 0.188. The predicted octanol–water partition coefficient (Wildman–Crippen LogP) is 2.05. The van der Waals surface area contributed by atoms with E-state index < -0.39 is 0 Å². The minimum absolute atomic E-state index is 0.0806. The molecule has 1 heterocycles. The van der Waals surface area contributed by atoms with Gasteiger partial charge in [-0.1, -0.05) is 36.4 Å². The number of carbonyl (C=O) groups is 1. The highest BCUT2D eigenvalue weighted by Gasteiger charge is 2.24. The van der Waals surface area contributed by atoms with Crippen LogP contribution in [0.15, 0.2) is 48.5 Å². The molecule has 1 aliphatic rings. The third-order valence-corrected chi connectivity index (χ3v) is 3.56. The van der Waals surface area contributed by atoms with E-state index in [1.165, 1.54) is 11.1 Å². The smallest absolute Gasteiger partial charge is 0.241 e. The second kappa shape index (κ2) is 5.35. The zero-order valence-corrected chi connectivity index (χ0v) is 11.0. The second-order valence-corrected chi connectivity index (χ2v) is 4.91. The Morgan fingerprint density at radius 3 is 2.60 bits per heavy atom. The number of amides is 1. The van der Waals surface area contributed by atoms with Gasteiger partial charge in [-0.05, 0) is 29.7 Å². The van der Waals surface area contributed by atoms with Gasteiger partial charge >= 0.3 is 0 Å². The van der Waals surface area contributed by atoms with Crippen LogP contribution in [0, 0.1) is 0 Å². The topological polar surface area (TPSA) is 61.4 Å². The van der Waals surface area contributed by atoms with Gasteiger partial charge in [0.05, 0.1) is 11.7 Å². The van der Waals surface area contributed by atoms with E-state index in [9.17, 15) is 9.90 Å². The van der Waals surface area contributed by atoms with Crippen molar-refractivity contribution in [2.45, 2.75) is 19.0 Å². The van der Waals surface area contributed by atoms with E-state index in [-0.39, 0.29) is 17.7 Å². The lowest BCUT2D eigenvalue weighted by Gasteiger charge is -2.25. The van der Waals surface area contributed by atoms with Gasteiger partial charge in [0.2, 0.25) is 5.91 Å². The fourth-order valence-electron chi connectivity index (χ4n) is 2.44. The van der Waals surface area contributed by atoms with Crippen molar-refractivity contribution in [3.63, 3.8) is 0 Å². The van der Waals surface area contributed by atoms with Crippen LogP contribution < -0.4 is 10.6 Å². The summed E-state index contributed by atoms with van der Waals surface area (Å²) < 4.78 is 0. The molecule has 102 valence electrons. The zero-order chi connectivity index (χ0) is 13.9. The third kappa shape index (κ3) is 2.51. The highest BCUT2D eigenvalue weighted by atomic mass is 16.3. The molecule has 1 amide bonds. The summed E-state index contributed by atoms with van der Waals surface area (Å²) in [6.07, 6.45) is 0.662. The lowest BCUT2D eigenvalue weighted by atomic mass is 9.95. The molecule has 0 saturated heterocycles. The fourth-order valence-corrected chi connectivity index (χ4v) is 2.44. The molecule has 0 spiro atoms. The maximum Gasteiger partial charge on any atom is 0.241 e. The number of aromatic hydroxyl groups is 1. The first-order chi connectivity index (χ1) is 9.74. The minimum atomic E-state index is -0.274. The molecule has 3 rings (SSSR count). The first-order valence-corrected chi connectivity index (χ1v) is 6.63. The van der Waals surface area contributed by atoms with Crippen molar-refractivity contribution in [2.24, 2.45) is 0 Å². The van der Waals surface area contributed by atoms with E-state index in [1.807, 2.05) is 12.1 Å². The summed E-state index contributed by atoms with van der Waals surface area (Å²) in [6.45, 7) is 0.690. The second-order valence-electron chi connectivity index (χ2n) is 4.91. The molecule has 0 unspecified atom stereocenters. The van der Waals surface area contributed by atoms with Gasteiger partial charge in [-0.25, -0.2) is 0 Å².